The van der Waals surface area contributed by atoms with Crippen molar-refractivity contribution in [1.29, 1.82) is 0 Å². The lowest BCUT2D eigenvalue weighted by Gasteiger charge is -2.15. The molecule has 4 nitrogen and oxygen atoms in total. The monoisotopic (exact) mass is 308 g/mol. The van der Waals surface area contributed by atoms with Gasteiger partial charge in [-0.25, -0.2) is 0 Å². The van der Waals surface area contributed by atoms with Crippen LogP contribution in [0.2, 0.25) is 0 Å². The molecule has 0 aliphatic heterocycles. The van der Waals surface area contributed by atoms with E-state index in [1.54, 1.807) is 0 Å². The molecule has 0 bridgehead atoms. The highest BCUT2D eigenvalue weighted by Gasteiger charge is 2.21. The molecule has 6 heteroatoms. The molecule has 0 unspecified atom stereocenters. The van der Waals surface area contributed by atoms with Crippen LogP contribution in [-0.4, -0.2) is 26.6 Å². The van der Waals surface area contributed by atoms with E-state index < -0.39 is 5.24 Å². The Morgan fingerprint density at radius 3 is 2.12 bits per heavy atom. The molecule has 1 rings (SSSR count). The third-order valence-electron chi connectivity index (χ3n) is 1.98. The lowest BCUT2D eigenvalue weighted by molar-refractivity contribution is 0.108. The molecule has 0 N–H and O–H groups in total. The molecule has 16 heavy (non-hydrogen) atoms. The Bertz CT molecular complexity index is 420. The van der Waals surface area contributed by atoms with E-state index in [0.717, 1.165) is 0 Å². The molecular weight excluding hydrogens is 299 g/mol. The molecule has 0 saturated carbocycles. The van der Waals surface area contributed by atoms with Gasteiger partial charge in [0.25, 0.3) is 5.24 Å². The molecule has 0 radical (unpaired) electrons. The molecule has 0 atom stereocenters. The van der Waals surface area contributed by atoms with Crippen molar-refractivity contribution in [2.24, 2.45) is 0 Å². The largest absolute Gasteiger partial charge is 0.493 e. The molecule has 0 aliphatic rings. The Morgan fingerprint density at radius 1 is 1.19 bits per heavy atom. The topological polar surface area (TPSA) is 44.8 Å². The summed E-state index contributed by atoms with van der Waals surface area (Å²) in [5.74, 6) is 1.15. The zero-order valence-corrected chi connectivity index (χ0v) is 11.3. The zero-order chi connectivity index (χ0) is 12.3. The molecular formula is C10H10BrClO4. The second-order valence-electron chi connectivity index (χ2n) is 2.78. The Labute approximate surface area is 107 Å². The summed E-state index contributed by atoms with van der Waals surface area (Å²) in [6.45, 7) is 0. The number of hydrogen-bond donors (Lipinski definition) is 0. The Morgan fingerprint density at radius 2 is 1.75 bits per heavy atom. The maximum atomic E-state index is 11.2. The highest BCUT2D eigenvalue weighted by molar-refractivity contribution is 9.10. The average molecular weight is 310 g/mol. The first kappa shape index (κ1) is 13.1. The van der Waals surface area contributed by atoms with Gasteiger partial charge in [-0.3, -0.25) is 4.79 Å². The van der Waals surface area contributed by atoms with Gasteiger partial charge in [-0.2, -0.15) is 0 Å². The zero-order valence-electron chi connectivity index (χ0n) is 8.97. The number of benzene rings is 1. The van der Waals surface area contributed by atoms with Crippen molar-refractivity contribution < 1.29 is 19.0 Å². The van der Waals surface area contributed by atoms with Crippen LogP contribution in [0.5, 0.6) is 17.2 Å². The second kappa shape index (κ2) is 5.41. The molecule has 0 fully saturated rings. The van der Waals surface area contributed by atoms with E-state index in [-0.39, 0.29) is 5.56 Å². The van der Waals surface area contributed by atoms with Gasteiger partial charge in [-0.05, 0) is 33.6 Å². The van der Waals surface area contributed by atoms with E-state index in [4.69, 9.17) is 25.8 Å². The molecule has 1 aromatic carbocycles. The van der Waals surface area contributed by atoms with E-state index in [9.17, 15) is 4.79 Å². The first-order valence-corrected chi connectivity index (χ1v) is 5.42. The summed E-state index contributed by atoms with van der Waals surface area (Å²) in [6, 6.07) is 1.49. The number of halogens is 2. The van der Waals surface area contributed by atoms with Gasteiger partial charge in [0.15, 0.2) is 11.5 Å². The summed E-state index contributed by atoms with van der Waals surface area (Å²) in [6.07, 6.45) is 0. The van der Waals surface area contributed by atoms with E-state index >= 15 is 0 Å². The predicted octanol–water partition coefficient (Wildman–Crippen LogP) is 2.85. The standard InChI is InChI=1S/C10H10BrClO4/c1-14-6-4-5(10(12)13)7(11)9(16-3)8(6)15-2/h4H,1-3H3. The number of carbonyl (C=O) groups excluding carboxylic acids is 1. The number of methoxy groups -OCH3 is 3. The van der Waals surface area contributed by atoms with Crippen molar-refractivity contribution in [2.75, 3.05) is 21.3 Å². The van der Waals surface area contributed by atoms with Crippen molar-refractivity contribution in [3.8, 4) is 17.2 Å². The van der Waals surface area contributed by atoms with Gasteiger partial charge in [0.1, 0.15) is 0 Å². The van der Waals surface area contributed by atoms with Gasteiger partial charge < -0.3 is 14.2 Å². The average Bonchev–Trinajstić information content (AvgIpc) is 2.27. The fourth-order valence-corrected chi connectivity index (χ4v) is 2.16. The van der Waals surface area contributed by atoms with Crippen LogP contribution in [0.15, 0.2) is 10.5 Å². The maximum absolute atomic E-state index is 11.2. The number of rotatable bonds is 4. The van der Waals surface area contributed by atoms with Crippen LogP contribution in [0.3, 0.4) is 0 Å². The normalized spacial score (nSPS) is 9.81. The maximum Gasteiger partial charge on any atom is 0.253 e. The fourth-order valence-electron chi connectivity index (χ4n) is 1.26. The molecule has 0 heterocycles. The summed E-state index contributed by atoms with van der Waals surface area (Å²) in [5, 5.41) is -0.605. The minimum atomic E-state index is -0.605. The Hall–Kier alpha value is -0.940. The van der Waals surface area contributed by atoms with Gasteiger partial charge in [-0.15, -0.1) is 0 Å². The highest BCUT2D eigenvalue weighted by atomic mass is 79.9. The third kappa shape index (κ3) is 2.25. The molecule has 0 saturated heterocycles. The van der Waals surface area contributed by atoms with Crippen molar-refractivity contribution >= 4 is 32.8 Å². The van der Waals surface area contributed by atoms with Gasteiger partial charge in [0.05, 0.1) is 31.4 Å². The fraction of sp³-hybridized carbons (Fsp3) is 0.300. The van der Waals surface area contributed by atoms with Crippen molar-refractivity contribution in [1.82, 2.24) is 0 Å². The molecule has 0 aromatic heterocycles. The number of ether oxygens (including phenoxy) is 3. The minimum absolute atomic E-state index is 0.260. The molecule has 0 amide bonds. The second-order valence-corrected chi connectivity index (χ2v) is 3.92. The van der Waals surface area contributed by atoms with Crippen LogP contribution >= 0.6 is 27.5 Å². The molecule has 1 aromatic rings. The quantitative estimate of drug-likeness (QED) is 0.802. The van der Waals surface area contributed by atoms with E-state index in [1.165, 1.54) is 27.4 Å². The summed E-state index contributed by atoms with van der Waals surface area (Å²) in [4.78, 5) is 11.2. The predicted molar refractivity (Wildman–Crippen MR) is 64.0 cm³/mol. The van der Waals surface area contributed by atoms with E-state index in [1.807, 2.05) is 0 Å². The SMILES string of the molecule is COc1cc(C(=O)Cl)c(Br)c(OC)c1OC. The molecule has 0 spiro atoms. The first-order chi connectivity index (χ1) is 7.56. The Balaban J connectivity index is 3.54. The lowest BCUT2D eigenvalue weighted by atomic mass is 10.2. The van der Waals surface area contributed by atoms with Crippen LogP contribution < -0.4 is 14.2 Å². The van der Waals surface area contributed by atoms with E-state index in [2.05, 4.69) is 15.9 Å². The van der Waals surface area contributed by atoms with E-state index in [0.29, 0.717) is 21.7 Å². The van der Waals surface area contributed by atoms with Gasteiger partial charge in [0, 0.05) is 0 Å². The molecule has 88 valence electrons. The lowest BCUT2D eigenvalue weighted by Crippen LogP contribution is -2.00. The highest BCUT2D eigenvalue weighted by Crippen LogP contribution is 2.44. The van der Waals surface area contributed by atoms with Gasteiger partial charge >= 0.3 is 0 Å². The van der Waals surface area contributed by atoms with Crippen LogP contribution in [-0.2, 0) is 0 Å². The van der Waals surface area contributed by atoms with Crippen molar-refractivity contribution in [3.63, 3.8) is 0 Å². The smallest absolute Gasteiger partial charge is 0.253 e. The van der Waals surface area contributed by atoms with Crippen LogP contribution in [0, 0.1) is 0 Å². The van der Waals surface area contributed by atoms with Crippen LogP contribution in [0.4, 0.5) is 0 Å². The summed E-state index contributed by atoms with van der Waals surface area (Å²) in [5.41, 5.74) is 0.260. The summed E-state index contributed by atoms with van der Waals surface area (Å²) < 4.78 is 15.8. The van der Waals surface area contributed by atoms with Crippen molar-refractivity contribution in [2.45, 2.75) is 0 Å². The van der Waals surface area contributed by atoms with Crippen LogP contribution in [0.25, 0.3) is 0 Å². The van der Waals surface area contributed by atoms with Gasteiger partial charge in [-0.1, -0.05) is 0 Å². The van der Waals surface area contributed by atoms with Gasteiger partial charge in [0.2, 0.25) is 5.75 Å². The van der Waals surface area contributed by atoms with Crippen LogP contribution in [0.1, 0.15) is 10.4 Å². The number of hydrogen-bond acceptors (Lipinski definition) is 4. The minimum Gasteiger partial charge on any atom is -0.493 e. The third-order valence-corrected chi connectivity index (χ3v) is 2.97. The summed E-state index contributed by atoms with van der Waals surface area (Å²) >= 11 is 8.67. The molecule has 0 aliphatic carbocycles. The summed E-state index contributed by atoms with van der Waals surface area (Å²) in [7, 11) is 4.41. The Kier molecular flexibility index (Phi) is 4.44. The number of carbonyl (C=O) groups is 1. The van der Waals surface area contributed by atoms with Crippen molar-refractivity contribution in [3.05, 3.63) is 16.1 Å². The first-order valence-electron chi connectivity index (χ1n) is 4.25.